The lowest BCUT2D eigenvalue weighted by molar-refractivity contribution is -0.120. The first-order valence-corrected chi connectivity index (χ1v) is 8.55. The second kappa shape index (κ2) is 7.57. The maximum absolute atomic E-state index is 12.5. The highest BCUT2D eigenvalue weighted by Crippen LogP contribution is 2.34. The molecule has 1 N–H and O–H groups in total. The maximum Gasteiger partial charge on any atom is 0.241 e. The van der Waals surface area contributed by atoms with Crippen molar-refractivity contribution in [1.82, 2.24) is 4.90 Å². The highest BCUT2D eigenvalue weighted by atomic mass is 16.7. The molecule has 1 atom stereocenters. The number of amides is 1. The van der Waals surface area contributed by atoms with Crippen LogP contribution in [0.2, 0.25) is 0 Å². The zero-order valence-corrected chi connectivity index (χ0v) is 14.9. The number of likely N-dealkylation sites (N-methyl/N-ethyl adjacent to an activating group) is 1. The van der Waals surface area contributed by atoms with E-state index in [1.165, 1.54) is 11.1 Å². The van der Waals surface area contributed by atoms with Crippen LogP contribution in [-0.2, 0) is 17.8 Å². The van der Waals surface area contributed by atoms with Crippen LogP contribution in [0, 0.1) is 0 Å². The summed E-state index contributed by atoms with van der Waals surface area (Å²) in [5.41, 5.74) is 3.23. The van der Waals surface area contributed by atoms with E-state index in [2.05, 4.69) is 36.5 Å². The van der Waals surface area contributed by atoms with Crippen LogP contribution in [0.4, 0.5) is 5.69 Å². The van der Waals surface area contributed by atoms with Crippen LogP contribution in [0.1, 0.15) is 25.0 Å². The zero-order valence-electron chi connectivity index (χ0n) is 14.9. The molecule has 0 bridgehead atoms. The molecule has 5 heteroatoms. The molecule has 1 aliphatic rings. The van der Waals surface area contributed by atoms with Crippen LogP contribution in [0.3, 0.4) is 0 Å². The zero-order chi connectivity index (χ0) is 17.8. The van der Waals surface area contributed by atoms with Gasteiger partial charge in [-0.2, -0.15) is 0 Å². The van der Waals surface area contributed by atoms with Crippen LogP contribution in [0.15, 0.2) is 42.5 Å². The molecule has 25 heavy (non-hydrogen) atoms. The van der Waals surface area contributed by atoms with Crippen molar-refractivity contribution >= 4 is 11.6 Å². The molecule has 0 saturated carbocycles. The standard InChI is InChI=1S/C20H24N2O3/c1-4-15-5-7-16(8-6-15)12-22(3)14(2)20(23)21-17-9-10-18-19(11-17)25-13-24-18/h5-11,14H,4,12-13H2,1-3H3,(H,21,23)/t14-/m1/s1. The van der Waals surface area contributed by atoms with Gasteiger partial charge in [0.15, 0.2) is 11.5 Å². The van der Waals surface area contributed by atoms with Gasteiger partial charge in [0.05, 0.1) is 6.04 Å². The molecule has 0 radical (unpaired) electrons. The van der Waals surface area contributed by atoms with Crippen molar-refractivity contribution < 1.29 is 14.3 Å². The molecule has 1 aliphatic heterocycles. The van der Waals surface area contributed by atoms with Gasteiger partial charge in [-0.1, -0.05) is 31.2 Å². The first-order valence-electron chi connectivity index (χ1n) is 8.55. The predicted molar refractivity (Wildman–Crippen MR) is 97.9 cm³/mol. The largest absolute Gasteiger partial charge is 0.454 e. The Labute approximate surface area is 148 Å². The summed E-state index contributed by atoms with van der Waals surface area (Å²) in [6.45, 7) is 4.99. The van der Waals surface area contributed by atoms with Crippen molar-refractivity contribution in [2.24, 2.45) is 0 Å². The molecule has 0 saturated heterocycles. The van der Waals surface area contributed by atoms with Crippen LogP contribution in [-0.4, -0.2) is 30.7 Å². The van der Waals surface area contributed by atoms with Crippen molar-refractivity contribution in [2.75, 3.05) is 19.2 Å². The second-order valence-corrected chi connectivity index (χ2v) is 6.32. The van der Waals surface area contributed by atoms with E-state index in [0.29, 0.717) is 17.2 Å². The van der Waals surface area contributed by atoms with Gasteiger partial charge in [0.2, 0.25) is 12.7 Å². The summed E-state index contributed by atoms with van der Waals surface area (Å²) < 4.78 is 10.6. The van der Waals surface area contributed by atoms with Gasteiger partial charge in [-0.25, -0.2) is 0 Å². The van der Waals surface area contributed by atoms with E-state index < -0.39 is 0 Å². The molecule has 0 spiro atoms. The number of carbonyl (C=O) groups excluding carboxylic acids is 1. The molecule has 2 aromatic carbocycles. The van der Waals surface area contributed by atoms with Gasteiger partial charge in [-0.3, -0.25) is 9.69 Å². The summed E-state index contributed by atoms with van der Waals surface area (Å²) in [4.78, 5) is 14.6. The van der Waals surface area contributed by atoms with Crippen LogP contribution in [0.5, 0.6) is 11.5 Å². The topological polar surface area (TPSA) is 50.8 Å². The number of anilines is 1. The molecule has 1 heterocycles. The Morgan fingerprint density at radius 3 is 2.52 bits per heavy atom. The number of hydrogen-bond acceptors (Lipinski definition) is 4. The average molecular weight is 340 g/mol. The Hall–Kier alpha value is -2.53. The molecule has 0 unspecified atom stereocenters. The number of ether oxygens (including phenoxy) is 2. The number of nitrogens with zero attached hydrogens (tertiary/aromatic N) is 1. The van der Waals surface area contributed by atoms with Crippen molar-refractivity contribution in [3.05, 3.63) is 53.6 Å². The van der Waals surface area contributed by atoms with Crippen molar-refractivity contribution in [3.63, 3.8) is 0 Å². The summed E-state index contributed by atoms with van der Waals surface area (Å²) in [5.74, 6) is 1.32. The van der Waals surface area contributed by atoms with Gasteiger partial charge >= 0.3 is 0 Å². The number of hydrogen-bond donors (Lipinski definition) is 1. The van der Waals surface area contributed by atoms with E-state index in [-0.39, 0.29) is 18.7 Å². The molecule has 5 nitrogen and oxygen atoms in total. The lowest BCUT2D eigenvalue weighted by atomic mass is 10.1. The molecular weight excluding hydrogens is 316 g/mol. The van der Waals surface area contributed by atoms with Gasteiger partial charge < -0.3 is 14.8 Å². The summed E-state index contributed by atoms with van der Waals surface area (Å²) in [7, 11) is 1.96. The van der Waals surface area contributed by atoms with Gasteiger partial charge in [-0.15, -0.1) is 0 Å². The van der Waals surface area contributed by atoms with E-state index in [1.54, 1.807) is 6.07 Å². The third-order valence-electron chi connectivity index (χ3n) is 4.54. The summed E-state index contributed by atoms with van der Waals surface area (Å²) in [5, 5.41) is 2.94. The van der Waals surface area contributed by atoms with Crippen LogP contribution < -0.4 is 14.8 Å². The third kappa shape index (κ3) is 4.12. The molecule has 3 rings (SSSR count). The summed E-state index contributed by atoms with van der Waals surface area (Å²) >= 11 is 0. The predicted octanol–water partition coefficient (Wildman–Crippen LogP) is 3.44. The van der Waals surface area contributed by atoms with Crippen LogP contribution in [0.25, 0.3) is 0 Å². The third-order valence-corrected chi connectivity index (χ3v) is 4.54. The Morgan fingerprint density at radius 1 is 1.12 bits per heavy atom. The summed E-state index contributed by atoms with van der Waals surface area (Å²) in [6, 6.07) is 13.7. The van der Waals surface area contributed by atoms with Crippen molar-refractivity contribution in [2.45, 2.75) is 32.9 Å². The van der Waals surface area contributed by atoms with Gasteiger partial charge in [-0.05, 0) is 43.7 Å². The molecule has 132 valence electrons. The fraction of sp³-hybridized carbons (Fsp3) is 0.350. The number of carbonyl (C=O) groups is 1. The molecule has 0 fully saturated rings. The number of benzene rings is 2. The highest BCUT2D eigenvalue weighted by molar-refractivity contribution is 5.94. The van der Waals surface area contributed by atoms with E-state index >= 15 is 0 Å². The number of rotatable bonds is 6. The van der Waals surface area contributed by atoms with Gasteiger partial charge in [0, 0.05) is 18.3 Å². The fourth-order valence-electron chi connectivity index (χ4n) is 2.73. The van der Waals surface area contributed by atoms with Gasteiger partial charge in [0.1, 0.15) is 0 Å². The Kier molecular flexibility index (Phi) is 5.24. The first-order chi connectivity index (χ1) is 12.1. The SMILES string of the molecule is CCc1ccc(CN(C)[C@H](C)C(=O)Nc2ccc3c(c2)OCO3)cc1. The molecule has 1 amide bonds. The number of nitrogens with one attached hydrogen (secondary N) is 1. The maximum atomic E-state index is 12.5. The van der Waals surface area contributed by atoms with E-state index in [0.717, 1.165) is 13.0 Å². The van der Waals surface area contributed by atoms with Crippen molar-refractivity contribution in [1.29, 1.82) is 0 Å². The molecule has 2 aromatic rings. The Bertz CT molecular complexity index is 743. The van der Waals surface area contributed by atoms with Gasteiger partial charge in [0.25, 0.3) is 0 Å². The van der Waals surface area contributed by atoms with E-state index in [9.17, 15) is 4.79 Å². The monoisotopic (exact) mass is 340 g/mol. The Balaban J connectivity index is 1.59. The number of fused-ring (bicyclic) bond motifs is 1. The fourth-order valence-corrected chi connectivity index (χ4v) is 2.73. The second-order valence-electron chi connectivity index (χ2n) is 6.32. The molecular formula is C20H24N2O3. The summed E-state index contributed by atoms with van der Waals surface area (Å²) in [6.07, 6.45) is 1.03. The lowest BCUT2D eigenvalue weighted by Gasteiger charge is -2.24. The van der Waals surface area contributed by atoms with Crippen LogP contribution >= 0.6 is 0 Å². The highest BCUT2D eigenvalue weighted by Gasteiger charge is 2.20. The average Bonchev–Trinajstić information content (AvgIpc) is 3.09. The number of aryl methyl sites for hydroxylation is 1. The minimum atomic E-state index is -0.253. The normalized spacial score (nSPS) is 13.8. The molecule has 0 aromatic heterocycles. The lowest BCUT2D eigenvalue weighted by Crippen LogP contribution is -2.39. The smallest absolute Gasteiger partial charge is 0.241 e. The molecule has 0 aliphatic carbocycles. The van der Waals surface area contributed by atoms with E-state index in [4.69, 9.17) is 9.47 Å². The minimum Gasteiger partial charge on any atom is -0.454 e. The minimum absolute atomic E-state index is 0.0495. The first kappa shape index (κ1) is 17.3. The van der Waals surface area contributed by atoms with Crippen molar-refractivity contribution in [3.8, 4) is 11.5 Å². The Morgan fingerprint density at radius 2 is 1.80 bits per heavy atom. The quantitative estimate of drug-likeness (QED) is 0.875. The van der Waals surface area contributed by atoms with E-state index in [1.807, 2.05) is 31.0 Å².